The first-order chi connectivity index (χ1) is 17.0. The summed E-state index contributed by atoms with van der Waals surface area (Å²) in [6.07, 6.45) is 3.60. The molecule has 3 heterocycles. The average molecular weight is 470 g/mol. The summed E-state index contributed by atoms with van der Waals surface area (Å²) in [6, 6.07) is 17.9. The van der Waals surface area contributed by atoms with Crippen LogP contribution in [0.1, 0.15) is 34.8 Å². The summed E-state index contributed by atoms with van der Waals surface area (Å²) in [7, 11) is 1.92. The van der Waals surface area contributed by atoms with E-state index < -0.39 is 5.97 Å². The Morgan fingerprint density at radius 2 is 1.74 bits per heavy atom. The van der Waals surface area contributed by atoms with Crippen LogP contribution in [-0.2, 0) is 11.8 Å². The van der Waals surface area contributed by atoms with Gasteiger partial charge in [0.25, 0.3) is 0 Å². The first-order valence-corrected chi connectivity index (χ1v) is 11.7. The molecule has 5 aromatic rings. The SMILES string of the molecule is Cn1ncc2cc3c(cc21)c(-c1ccc(C(=O)O)cc1)c(C1CCOCC1)n3-c1ccc(F)cc1. The third kappa shape index (κ3) is 3.59. The number of fused-ring (bicyclic) bond motifs is 2. The summed E-state index contributed by atoms with van der Waals surface area (Å²) in [5, 5.41) is 15.9. The minimum Gasteiger partial charge on any atom is -0.478 e. The largest absolute Gasteiger partial charge is 0.478 e. The standard InChI is InChI=1S/C28H24FN3O3/c1-31-24-15-23-25(14-20(24)16-30-31)32(22-8-6-21(29)7-9-22)27(18-10-12-35-13-11-18)26(23)17-2-4-19(5-3-17)28(33)34/h2-9,14-16,18H,10-13H2,1H3,(H,33,34). The molecule has 35 heavy (non-hydrogen) atoms. The van der Waals surface area contributed by atoms with Crippen molar-refractivity contribution in [1.29, 1.82) is 0 Å². The van der Waals surface area contributed by atoms with Crippen LogP contribution >= 0.6 is 0 Å². The van der Waals surface area contributed by atoms with Gasteiger partial charge in [-0.15, -0.1) is 0 Å². The molecule has 6 rings (SSSR count). The summed E-state index contributed by atoms with van der Waals surface area (Å²) < 4.78 is 23.6. The zero-order chi connectivity index (χ0) is 24.1. The van der Waals surface area contributed by atoms with Gasteiger partial charge >= 0.3 is 5.97 Å². The summed E-state index contributed by atoms with van der Waals surface area (Å²) in [5.41, 5.74) is 6.31. The molecule has 2 aromatic heterocycles. The number of benzene rings is 3. The van der Waals surface area contributed by atoms with E-state index in [1.165, 1.54) is 12.1 Å². The molecule has 7 heteroatoms. The second-order valence-electron chi connectivity index (χ2n) is 9.04. The Morgan fingerprint density at radius 1 is 1.03 bits per heavy atom. The maximum absolute atomic E-state index is 13.9. The van der Waals surface area contributed by atoms with E-state index >= 15 is 0 Å². The molecule has 1 N–H and O–H groups in total. The van der Waals surface area contributed by atoms with Crippen molar-refractivity contribution in [2.24, 2.45) is 7.05 Å². The molecule has 0 bridgehead atoms. The van der Waals surface area contributed by atoms with Crippen molar-refractivity contribution < 1.29 is 19.0 Å². The first kappa shape index (κ1) is 21.6. The molecule has 6 nitrogen and oxygen atoms in total. The number of aromatic nitrogens is 3. The molecule has 1 saturated heterocycles. The summed E-state index contributed by atoms with van der Waals surface area (Å²) in [4.78, 5) is 11.5. The van der Waals surface area contributed by atoms with Gasteiger partial charge < -0.3 is 14.4 Å². The fourth-order valence-corrected chi connectivity index (χ4v) is 5.26. The van der Waals surface area contributed by atoms with Crippen LogP contribution in [-0.4, -0.2) is 38.6 Å². The van der Waals surface area contributed by atoms with Crippen molar-refractivity contribution in [2.45, 2.75) is 18.8 Å². The highest BCUT2D eigenvalue weighted by Gasteiger charge is 2.28. The molecule has 3 aromatic carbocycles. The number of hydrogen-bond acceptors (Lipinski definition) is 3. The number of aromatic carboxylic acids is 1. The van der Waals surface area contributed by atoms with E-state index in [1.807, 2.05) is 42.2 Å². The average Bonchev–Trinajstić information content (AvgIpc) is 3.41. The van der Waals surface area contributed by atoms with Gasteiger partial charge in [0.1, 0.15) is 5.82 Å². The van der Waals surface area contributed by atoms with E-state index in [0.29, 0.717) is 13.2 Å². The molecule has 0 aliphatic carbocycles. The number of halogens is 1. The Hall–Kier alpha value is -3.97. The van der Waals surface area contributed by atoms with Gasteiger partial charge in [-0.2, -0.15) is 5.10 Å². The third-order valence-electron chi connectivity index (χ3n) is 6.98. The third-order valence-corrected chi connectivity index (χ3v) is 6.98. The molecule has 0 radical (unpaired) electrons. The van der Waals surface area contributed by atoms with Crippen molar-refractivity contribution in [3.8, 4) is 16.8 Å². The minimum atomic E-state index is -0.952. The van der Waals surface area contributed by atoms with Crippen LogP contribution in [0.3, 0.4) is 0 Å². The molecule has 1 aliphatic rings. The molecule has 0 atom stereocenters. The molecule has 1 fully saturated rings. The highest BCUT2D eigenvalue weighted by Crippen LogP contribution is 2.44. The van der Waals surface area contributed by atoms with E-state index in [4.69, 9.17) is 4.74 Å². The summed E-state index contributed by atoms with van der Waals surface area (Å²) in [5.74, 6) is -1.000. The number of carboxylic acid groups (broad SMARTS) is 1. The lowest BCUT2D eigenvalue weighted by Gasteiger charge is -2.26. The van der Waals surface area contributed by atoms with Crippen molar-refractivity contribution in [1.82, 2.24) is 14.3 Å². The lowest BCUT2D eigenvalue weighted by molar-refractivity contribution is 0.0697. The molecule has 1 aliphatic heterocycles. The van der Waals surface area contributed by atoms with E-state index in [9.17, 15) is 14.3 Å². The van der Waals surface area contributed by atoms with Gasteiger partial charge in [-0.05, 0) is 66.9 Å². The van der Waals surface area contributed by atoms with Crippen molar-refractivity contribution in [3.63, 3.8) is 0 Å². The quantitative estimate of drug-likeness (QED) is 0.355. The Bertz CT molecular complexity index is 1560. The fourth-order valence-electron chi connectivity index (χ4n) is 5.26. The molecule has 0 amide bonds. The van der Waals surface area contributed by atoms with E-state index in [2.05, 4.69) is 21.8 Å². The molecule has 0 saturated carbocycles. The number of hydrogen-bond donors (Lipinski definition) is 1. The summed E-state index contributed by atoms with van der Waals surface area (Å²) >= 11 is 0. The number of carboxylic acids is 1. The predicted molar refractivity (Wildman–Crippen MR) is 133 cm³/mol. The fraction of sp³-hybridized carbons (Fsp3) is 0.214. The predicted octanol–water partition coefficient (Wildman–Crippen LogP) is 5.92. The Labute approximate surface area is 201 Å². The number of aryl methyl sites for hydroxylation is 1. The Morgan fingerprint density at radius 3 is 2.43 bits per heavy atom. The maximum atomic E-state index is 13.9. The lowest BCUT2D eigenvalue weighted by Crippen LogP contribution is -2.17. The normalized spacial score (nSPS) is 14.7. The van der Waals surface area contributed by atoms with Crippen LogP contribution in [0.2, 0.25) is 0 Å². The molecule has 0 spiro atoms. The van der Waals surface area contributed by atoms with E-state index in [-0.39, 0.29) is 17.3 Å². The maximum Gasteiger partial charge on any atom is 0.335 e. The highest BCUT2D eigenvalue weighted by atomic mass is 19.1. The van der Waals surface area contributed by atoms with Gasteiger partial charge in [-0.1, -0.05) is 12.1 Å². The molecular weight excluding hydrogens is 445 g/mol. The van der Waals surface area contributed by atoms with Gasteiger partial charge in [-0.25, -0.2) is 9.18 Å². The Kier molecular flexibility index (Phi) is 5.15. The zero-order valence-electron chi connectivity index (χ0n) is 19.2. The smallest absolute Gasteiger partial charge is 0.335 e. The van der Waals surface area contributed by atoms with Crippen molar-refractivity contribution >= 4 is 27.8 Å². The van der Waals surface area contributed by atoms with Crippen LogP contribution in [0.25, 0.3) is 38.6 Å². The van der Waals surface area contributed by atoms with Gasteiger partial charge in [0.15, 0.2) is 0 Å². The zero-order valence-corrected chi connectivity index (χ0v) is 19.2. The molecule has 176 valence electrons. The van der Waals surface area contributed by atoms with Crippen LogP contribution in [0, 0.1) is 5.82 Å². The summed E-state index contributed by atoms with van der Waals surface area (Å²) in [6.45, 7) is 1.36. The number of nitrogens with zero attached hydrogens (tertiary/aromatic N) is 3. The van der Waals surface area contributed by atoms with Gasteiger partial charge in [-0.3, -0.25) is 4.68 Å². The lowest BCUT2D eigenvalue weighted by atomic mass is 9.89. The topological polar surface area (TPSA) is 69.3 Å². The number of ether oxygens (including phenoxy) is 1. The first-order valence-electron chi connectivity index (χ1n) is 11.7. The van der Waals surface area contributed by atoms with Gasteiger partial charge in [0.05, 0.1) is 22.8 Å². The van der Waals surface area contributed by atoms with Gasteiger partial charge in [0.2, 0.25) is 0 Å². The second kappa shape index (κ2) is 8.36. The number of carbonyl (C=O) groups is 1. The second-order valence-corrected chi connectivity index (χ2v) is 9.04. The van der Waals surface area contributed by atoms with E-state index in [0.717, 1.165) is 57.2 Å². The van der Waals surface area contributed by atoms with Crippen LogP contribution in [0.15, 0.2) is 66.9 Å². The van der Waals surface area contributed by atoms with Crippen LogP contribution in [0.5, 0.6) is 0 Å². The molecular formula is C28H24FN3O3. The van der Waals surface area contributed by atoms with Crippen LogP contribution in [0.4, 0.5) is 4.39 Å². The van der Waals surface area contributed by atoms with E-state index in [1.54, 1.807) is 12.1 Å². The van der Waals surface area contributed by atoms with Crippen molar-refractivity contribution in [2.75, 3.05) is 13.2 Å². The van der Waals surface area contributed by atoms with Crippen LogP contribution < -0.4 is 0 Å². The molecule has 0 unspecified atom stereocenters. The Balaban J connectivity index is 1.72. The monoisotopic (exact) mass is 469 g/mol. The minimum absolute atomic E-state index is 0.233. The van der Waals surface area contributed by atoms with Gasteiger partial charge in [0, 0.05) is 53.9 Å². The van der Waals surface area contributed by atoms with Crippen molar-refractivity contribution in [3.05, 3.63) is 83.9 Å². The highest BCUT2D eigenvalue weighted by molar-refractivity contribution is 6.06. The number of rotatable bonds is 4.